The number of carbonyl (C=O) groups is 1. The molecule has 4 aromatic rings. The van der Waals surface area contributed by atoms with Crippen LogP contribution < -0.4 is 5.32 Å². The normalized spacial score (nSPS) is 11.0. The van der Waals surface area contributed by atoms with Crippen LogP contribution in [0.5, 0.6) is 0 Å². The highest BCUT2D eigenvalue weighted by Crippen LogP contribution is 2.36. The molecule has 0 aliphatic heterocycles. The Balaban J connectivity index is 1.59. The summed E-state index contributed by atoms with van der Waals surface area (Å²) in [5.74, 6) is -0.681. The Hall–Kier alpha value is -2.35. The number of halogens is 2. The summed E-state index contributed by atoms with van der Waals surface area (Å²) in [5, 5.41) is 9.67. The smallest absolute Gasteiger partial charge is 0.267 e. The molecule has 0 fully saturated rings. The first-order valence-corrected chi connectivity index (χ1v) is 9.21. The summed E-state index contributed by atoms with van der Waals surface area (Å²) in [6.45, 7) is 0. The van der Waals surface area contributed by atoms with E-state index in [1.165, 1.54) is 35.0 Å². The zero-order valence-corrected chi connectivity index (χ0v) is 14.9. The van der Waals surface area contributed by atoms with E-state index < -0.39 is 0 Å². The average molecular weight is 390 g/mol. The number of thiophene rings is 1. The van der Waals surface area contributed by atoms with Crippen molar-refractivity contribution in [3.63, 3.8) is 0 Å². The molecule has 0 aliphatic rings. The molecule has 2 aromatic carbocycles. The van der Waals surface area contributed by atoms with Gasteiger partial charge < -0.3 is 5.32 Å². The number of carbonyl (C=O) groups excluding carboxylic acids is 1. The third-order valence-corrected chi connectivity index (χ3v) is 5.76. The van der Waals surface area contributed by atoms with E-state index in [2.05, 4.69) is 14.9 Å². The van der Waals surface area contributed by atoms with Crippen molar-refractivity contribution in [2.75, 3.05) is 5.32 Å². The molecule has 2 aromatic heterocycles. The van der Waals surface area contributed by atoms with Gasteiger partial charge in [-0.25, -0.2) is 4.39 Å². The molecule has 0 atom stereocenters. The van der Waals surface area contributed by atoms with Crippen LogP contribution in [0, 0.1) is 5.82 Å². The molecule has 0 saturated heterocycles. The molecule has 4 rings (SSSR count). The van der Waals surface area contributed by atoms with Crippen LogP contribution in [-0.4, -0.2) is 15.5 Å². The molecule has 0 spiro atoms. The molecule has 1 N–H and O–H groups in total. The number of rotatable bonds is 3. The standard InChI is InChI=1S/C17H9ClFN3OS2/c18-15-12-6-3-10(19)7-14(12)25-16(15)17(23)20-11-4-1-9(2-5-11)13-8-24-22-21-13/h1-8H,(H,20,23). The van der Waals surface area contributed by atoms with Crippen molar-refractivity contribution in [3.05, 3.63) is 63.6 Å². The number of hydrogen-bond donors (Lipinski definition) is 1. The minimum absolute atomic E-state index is 0.324. The maximum Gasteiger partial charge on any atom is 0.267 e. The number of amides is 1. The Morgan fingerprint density at radius 3 is 2.68 bits per heavy atom. The first-order chi connectivity index (χ1) is 12.1. The molecular weight excluding hydrogens is 381 g/mol. The highest BCUT2D eigenvalue weighted by molar-refractivity contribution is 7.21. The zero-order valence-electron chi connectivity index (χ0n) is 12.5. The van der Waals surface area contributed by atoms with Gasteiger partial charge in [-0.2, -0.15) is 0 Å². The van der Waals surface area contributed by atoms with Gasteiger partial charge in [-0.15, -0.1) is 16.4 Å². The first-order valence-electron chi connectivity index (χ1n) is 7.18. The molecular formula is C17H9ClFN3OS2. The van der Waals surface area contributed by atoms with Crippen molar-refractivity contribution >= 4 is 56.2 Å². The van der Waals surface area contributed by atoms with E-state index in [1.807, 2.05) is 17.5 Å². The average Bonchev–Trinajstić information content (AvgIpc) is 3.24. The first kappa shape index (κ1) is 16.1. The fourth-order valence-corrected chi connectivity index (χ4v) is 4.29. The topological polar surface area (TPSA) is 54.9 Å². The highest BCUT2D eigenvalue weighted by atomic mass is 35.5. The van der Waals surface area contributed by atoms with Gasteiger partial charge in [0, 0.05) is 26.7 Å². The summed E-state index contributed by atoms with van der Waals surface area (Å²) in [6, 6.07) is 11.6. The second-order valence-corrected chi connectivity index (χ2v) is 7.25. The highest BCUT2D eigenvalue weighted by Gasteiger charge is 2.17. The number of fused-ring (bicyclic) bond motifs is 1. The number of benzene rings is 2. The number of aromatic nitrogens is 2. The number of nitrogens with zero attached hydrogens (tertiary/aromatic N) is 2. The zero-order chi connectivity index (χ0) is 17.4. The Morgan fingerprint density at radius 1 is 1.16 bits per heavy atom. The van der Waals surface area contributed by atoms with Crippen molar-refractivity contribution in [2.24, 2.45) is 0 Å². The van der Waals surface area contributed by atoms with Gasteiger partial charge in [0.15, 0.2) is 0 Å². The maximum atomic E-state index is 13.3. The summed E-state index contributed by atoms with van der Waals surface area (Å²) in [6.07, 6.45) is 0. The fraction of sp³-hybridized carbons (Fsp3) is 0. The second kappa shape index (κ2) is 6.51. The molecule has 0 unspecified atom stereocenters. The lowest BCUT2D eigenvalue weighted by Crippen LogP contribution is -2.10. The van der Waals surface area contributed by atoms with E-state index in [1.54, 1.807) is 18.2 Å². The summed E-state index contributed by atoms with van der Waals surface area (Å²) in [4.78, 5) is 12.9. The predicted octanol–water partition coefficient (Wildman–Crippen LogP) is 5.46. The Bertz CT molecular complexity index is 1060. The Labute approximate surface area is 155 Å². The minimum atomic E-state index is -0.357. The van der Waals surface area contributed by atoms with Crippen molar-refractivity contribution in [1.29, 1.82) is 0 Å². The lowest BCUT2D eigenvalue weighted by atomic mass is 10.1. The molecule has 0 radical (unpaired) electrons. The lowest BCUT2D eigenvalue weighted by Gasteiger charge is -2.05. The minimum Gasteiger partial charge on any atom is -0.321 e. The fourth-order valence-electron chi connectivity index (χ4n) is 2.39. The van der Waals surface area contributed by atoms with E-state index in [0.717, 1.165) is 11.3 Å². The predicted molar refractivity (Wildman–Crippen MR) is 100 cm³/mol. The third-order valence-electron chi connectivity index (χ3n) is 3.60. The molecule has 4 nitrogen and oxygen atoms in total. The molecule has 2 heterocycles. The van der Waals surface area contributed by atoms with Crippen molar-refractivity contribution in [1.82, 2.24) is 9.59 Å². The van der Waals surface area contributed by atoms with Gasteiger partial charge in [0.2, 0.25) is 0 Å². The number of anilines is 1. The van der Waals surface area contributed by atoms with E-state index >= 15 is 0 Å². The van der Waals surface area contributed by atoms with Gasteiger partial charge in [-0.3, -0.25) is 4.79 Å². The number of nitrogens with one attached hydrogen (secondary N) is 1. The van der Waals surface area contributed by atoms with Crippen molar-refractivity contribution < 1.29 is 9.18 Å². The Kier molecular flexibility index (Phi) is 4.20. The quantitative estimate of drug-likeness (QED) is 0.505. The molecule has 124 valence electrons. The lowest BCUT2D eigenvalue weighted by molar-refractivity contribution is 0.103. The summed E-state index contributed by atoms with van der Waals surface area (Å²) in [5.41, 5.74) is 2.34. The van der Waals surface area contributed by atoms with E-state index in [9.17, 15) is 9.18 Å². The van der Waals surface area contributed by atoms with Gasteiger partial charge in [0.1, 0.15) is 16.4 Å². The van der Waals surface area contributed by atoms with Crippen LogP contribution in [0.25, 0.3) is 21.3 Å². The van der Waals surface area contributed by atoms with E-state index in [4.69, 9.17) is 11.6 Å². The monoisotopic (exact) mass is 389 g/mol. The maximum absolute atomic E-state index is 13.3. The van der Waals surface area contributed by atoms with Crippen LogP contribution in [0.4, 0.5) is 10.1 Å². The largest absolute Gasteiger partial charge is 0.321 e. The van der Waals surface area contributed by atoms with Crippen LogP contribution in [0.2, 0.25) is 5.02 Å². The SMILES string of the molecule is O=C(Nc1ccc(-c2csnn2)cc1)c1sc2cc(F)ccc2c1Cl. The van der Waals surface area contributed by atoms with Crippen LogP contribution in [-0.2, 0) is 0 Å². The second-order valence-electron chi connectivity index (χ2n) is 5.21. The van der Waals surface area contributed by atoms with Gasteiger partial charge in [-0.1, -0.05) is 28.2 Å². The molecule has 25 heavy (non-hydrogen) atoms. The van der Waals surface area contributed by atoms with Crippen molar-refractivity contribution in [2.45, 2.75) is 0 Å². The molecule has 1 amide bonds. The Morgan fingerprint density at radius 2 is 1.96 bits per heavy atom. The van der Waals surface area contributed by atoms with Gasteiger partial charge in [0.25, 0.3) is 5.91 Å². The van der Waals surface area contributed by atoms with Crippen LogP contribution in [0.1, 0.15) is 9.67 Å². The van der Waals surface area contributed by atoms with Crippen LogP contribution >= 0.6 is 34.5 Å². The third kappa shape index (κ3) is 3.13. The van der Waals surface area contributed by atoms with Gasteiger partial charge in [0.05, 0.1) is 5.02 Å². The summed E-state index contributed by atoms with van der Waals surface area (Å²) < 4.78 is 17.8. The summed E-state index contributed by atoms with van der Waals surface area (Å²) in [7, 11) is 0. The molecule has 0 aliphatic carbocycles. The van der Waals surface area contributed by atoms with Gasteiger partial charge >= 0.3 is 0 Å². The molecule has 0 bridgehead atoms. The molecule has 0 saturated carbocycles. The van der Waals surface area contributed by atoms with Gasteiger partial charge in [-0.05, 0) is 41.9 Å². The van der Waals surface area contributed by atoms with Crippen LogP contribution in [0.3, 0.4) is 0 Å². The van der Waals surface area contributed by atoms with Crippen molar-refractivity contribution in [3.8, 4) is 11.3 Å². The summed E-state index contributed by atoms with van der Waals surface area (Å²) >= 11 is 8.72. The number of hydrogen-bond acceptors (Lipinski definition) is 5. The van der Waals surface area contributed by atoms with E-state index in [-0.39, 0.29) is 11.7 Å². The van der Waals surface area contributed by atoms with E-state index in [0.29, 0.717) is 25.7 Å². The van der Waals surface area contributed by atoms with Crippen LogP contribution in [0.15, 0.2) is 47.8 Å². The molecule has 8 heteroatoms.